The van der Waals surface area contributed by atoms with Gasteiger partial charge in [-0.15, -0.1) is 0 Å². The molecule has 0 N–H and O–H groups in total. The molecule has 0 bridgehead atoms. The van der Waals surface area contributed by atoms with Gasteiger partial charge in [-0.05, 0) is 35.4 Å². The van der Waals surface area contributed by atoms with Crippen LogP contribution in [0, 0.1) is 6.92 Å². The molecule has 156 valence electrons. The fraction of sp³-hybridized carbons (Fsp3) is 0.143. The van der Waals surface area contributed by atoms with Crippen molar-refractivity contribution < 1.29 is 9.53 Å². The smallest absolute Gasteiger partial charge is 0.251 e. The summed E-state index contributed by atoms with van der Waals surface area (Å²) in [7, 11) is 0. The van der Waals surface area contributed by atoms with Gasteiger partial charge in [0.25, 0.3) is 6.23 Å². The largest absolute Gasteiger partial charge is 0.461 e. The first-order valence-corrected chi connectivity index (χ1v) is 10.9. The molecule has 0 saturated carbocycles. The zero-order valence-electron chi connectivity index (χ0n) is 17.7. The number of para-hydroxylation sites is 1. The number of hydrogen-bond acceptors (Lipinski definition) is 4. The summed E-state index contributed by atoms with van der Waals surface area (Å²) >= 11 is 0. The second kappa shape index (κ2) is 7.34. The molecule has 32 heavy (non-hydrogen) atoms. The molecular weight excluding hydrogens is 396 g/mol. The molecule has 0 aromatic heterocycles. The predicted molar refractivity (Wildman–Crippen MR) is 126 cm³/mol. The normalized spacial score (nSPS) is 19.2. The zero-order chi connectivity index (χ0) is 21.7. The van der Waals surface area contributed by atoms with Crippen LogP contribution in [0.3, 0.4) is 0 Å². The van der Waals surface area contributed by atoms with Crippen LogP contribution >= 0.6 is 0 Å². The van der Waals surface area contributed by atoms with Gasteiger partial charge in [0, 0.05) is 17.5 Å². The number of benzene rings is 4. The van der Waals surface area contributed by atoms with E-state index < -0.39 is 6.23 Å². The Morgan fingerprint density at radius 3 is 2.50 bits per heavy atom. The standard InChI is InChI=1S/C28H22N2O2/c1-18-10-12-20(13-11-18)27(31)28-30-25(23-8-4-5-9-26(23)32-28)17-24(29-30)22-15-14-19-6-2-3-7-21(19)16-22/h2-16,25,28H,17H2,1H3/t25-,28+/m1/s1. The highest BCUT2D eigenvalue weighted by Crippen LogP contribution is 2.43. The molecule has 0 saturated heterocycles. The molecule has 0 amide bonds. The Kier molecular flexibility index (Phi) is 4.32. The molecular formula is C28H22N2O2. The number of nitrogens with zero attached hydrogens (tertiary/aromatic N) is 2. The van der Waals surface area contributed by atoms with E-state index in [2.05, 4.69) is 36.4 Å². The van der Waals surface area contributed by atoms with Crippen LogP contribution in [0.5, 0.6) is 5.75 Å². The first-order valence-electron chi connectivity index (χ1n) is 10.9. The highest BCUT2D eigenvalue weighted by atomic mass is 16.5. The van der Waals surface area contributed by atoms with Crippen molar-refractivity contribution in [2.45, 2.75) is 25.6 Å². The zero-order valence-corrected chi connectivity index (χ0v) is 17.7. The number of hydrogen-bond donors (Lipinski definition) is 0. The van der Waals surface area contributed by atoms with Crippen LogP contribution < -0.4 is 4.74 Å². The van der Waals surface area contributed by atoms with Gasteiger partial charge in [0.2, 0.25) is 5.78 Å². The Labute approximate surface area is 186 Å². The Morgan fingerprint density at radius 2 is 1.66 bits per heavy atom. The maximum Gasteiger partial charge on any atom is 0.251 e. The second-order valence-electron chi connectivity index (χ2n) is 8.45. The van der Waals surface area contributed by atoms with Gasteiger partial charge in [0.05, 0.1) is 11.8 Å². The monoisotopic (exact) mass is 418 g/mol. The van der Waals surface area contributed by atoms with Crippen LogP contribution in [0.4, 0.5) is 0 Å². The molecule has 0 spiro atoms. The second-order valence-corrected chi connectivity index (χ2v) is 8.45. The first-order chi connectivity index (χ1) is 15.7. The summed E-state index contributed by atoms with van der Waals surface area (Å²) in [5.74, 6) is 0.683. The summed E-state index contributed by atoms with van der Waals surface area (Å²) in [5.41, 5.74) is 4.88. The number of aryl methyl sites for hydroxylation is 1. The average molecular weight is 418 g/mol. The van der Waals surface area contributed by atoms with Crippen molar-refractivity contribution in [3.8, 4) is 5.75 Å². The van der Waals surface area contributed by atoms with Gasteiger partial charge in [-0.2, -0.15) is 5.10 Å². The van der Waals surface area contributed by atoms with Gasteiger partial charge >= 0.3 is 0 Å². The number of carbonyl (C=O) groups excluding carboxylic acids is 1. The third-order valence-corrected chi connectivity index (χ3v) is 6.34. The van der Waals surface area contributed by atoms with Crippen LogP contribution in [0.15, 0.2) is 96.1 Å². The lowest BCUT2D eigenvalue weighted by atomic mass is 9.95. The highest BCUT2D eigenvalue weighted by Gasteiger charge is 2.43. The van der Waals surface area contributed by atoms with Crippen molar-refractivity contribution in [3.63, 3.8) is 0 Å². The van der Waals surface area contributed by atoms with E-state index >= 15 is 0 Å². The van der Waals surface area contributed by atoms with Gasteiger partial charge in [0.1, 0.15) is 5.75 Å². The minimum Gasteiger partial charge on any atom is -0.461 e. The molecule has 2 aliphatic heterocycles. The third kappa shape index (κ3) is 3.07. The number of fused-ring (bicyclic) bond motifs is 4. The molecule has 2 aliphatic rings. The van der Waals surface area contributed by atoms with Crippen molar-refractivity contribution in [2.24, 2.45) is 5.10 Å². The highest BCUT2D eigenvalue weighted by molar-refractivity contribution is 6.05. The van der Waals surface area contributed by atoms with Gasteiger partial charge in [0.15, 0.2) is 0 Å². The summed E-state index contributed by atoms with van der Waals surface area (Å²) in [6, 6.07) is 30.3. The maximum absolute atomic E-state index is 13.4. The molecule has 0 radical (unpaired) electrons. The molecule has 2 heterocycles. The van der Waals surface area contributed by atoms with Crippen LogP contribution in [-0.2, 0) is 0 Å². The number of ether oxygens (including phenoxy) is 1. The van der Waals surface area contributed by atoms with Crippen molar-refractivity contribution in [1.82, 2.24) is 5.01 Å². The fourth-order valence-electron chi connectivity index (χ4n) is 4.61. The van der Waals surface area contributed by atoms with E-state index in [0.29, 0.717) is 5.56 Å². The van der Waals surface area contributed by atoms with Gasteiger partial charge < -0.3 is 4.74 Å². The van der Waals surface area contributed by atoms with Gasteiger partial charge in [-0.25, -0.2) is 5.01 Å². The molecule has 4 aromatic carbocycles. The molecule has 6 rings (SSSR count). The molecule has 0 unspecified atom stereocenters. The Morgan fingerprint density at radius 1 is 0.906 bits per heavy atom. The molecule has 0 aliphatic carbocycles. The van der Waals surface area contributed by atoms with Crippen molar-refractivity contribution in [2.75, 3.05) is 0 Å². The average Bonchev–Trinajstić information content (AvgIpc) is 3.29. The molecule has 4 nitrogen and oxygen atoms in total. The Balaban J connectivity index is 1.42. The summed E-state index contributed by atoms with van der Waals surface area (Å²) < 4.78 is 6.22. The Hall–Kier alpha value is -3.92. The van der Waals surface area contributed by atoms with E-state index in [0.717, 1.165) is 34.6 Å². The number of Topliss-reactive ketones (excluding diaryl/α,β-unsaturated/α-hetero) is 1. The Bertz CT molecular complexity index is 1370. The first kappa shape index (κ1) is 18.8. The third-order valence-electron chi connectivity index (χ3n) is 6.34. The van der Waals surface area contributed by atoms with E-state index in [9.17, 15) is 4.79 Å². The number of carbonyl (C=O) groups is 1. The van der Waals surface area contributed by atoms with Gasteiger partial charge in [-0.1, -0.05) is 84.4 Å². The minimum atomic E-state index is -0.782. The number of ketones is 1. The molecule has 4 heteroatoms. The van der Waals surface area contributed by atoms with E-state index in [4.69, 9.17) is 9.84 Å². The lowest BCUT2D eigenvalue weighted by Gasteiger charge is -2.37. The number of rotatable bonds is 3. The topological polar surface area (TPSA) is 41.9 Å². The van der Waals surface area contributed by atoms with E-state index in [1.807, 2.05) is 66.5 Å². The SMILES string of the molecule is Cc1ccc(C(=O)[C@@H]2Oc3ccccc3[C@H]3CC(c4ccc5ccccc5c4)=NN32)cc1. The van der Waals surface area contributed by atoms with E-state index in [1.165, 1.54) is 10.8 Å². The number of hydrazone groups is 1. The van der Waals surface area contributed by atoms with Crippen LogP contribution in [0.1, 0.15) is 39.5 Å². The predicted octanol–water partition coefficient (Wildman–Crippen LogP) is 5.90. The summed E-state index contributed by atoms with van der Waals surface area (Å²) in [6.07, 6.45) is -0.0494. The van der Waals surface area contributed by atoms with Crippen LogP contribution in [0.2, 0.25) is 0 Å². The van der Waals surface area contributed by atoms with Crippen molar-refractivity contribution in [1.29, 1.82) is 0 Å². The summed E-state index contributed by atoms with van der Waals surface area (Å²) in [4.78, 5) is 13.4. The maximum atomic E-state index is 13.4. The molecule has 4 aromatic rings. The van der Waals surface area contributed by atoms with Crippen LogP contribution in [-0.4, -0.2) is 22.7 Å². The van der Waals surface area contributed by atoms with Gasteiger partial charge in [-0.3, -0.25) is 4.79 Å². The van der Waals surface area contributed by atoms with E-state index in [1.54, 1.807) is 0 Å². The summed E-state index contributed by atoms with van der Waals surface area (Å²) in [5, 5.41) is 9.18. The van der Waals surface area contributed by atoms with Crippen LogP contribution in [0.25, 0.3) is 10.8 Å². The lowest BCUT2D eigenvalue weighted by Crippen LogP contribution is -2.45. The van der Waals surface area contributed by atoms with Crippen molar-refractivity contribution >= 4 is 22.3 Å². The lowest BCUT2D eigenvalue weighted by molar-refractivity contribution is -0.00455. The molecule has 0 fully saturated rings. The molecule has 2 atom stereocenters. The van der Waals surface area contributed by atoms with E-state index in [-0.39, 0.29) is 11.8 Å². The van der Waals surface area contributed by atoms with Crippen molar-refractivity contribution in [3.05, 3.63) is 113 Å². The summed E-state index contributed by atoms with van der Waals surface area (Å²) in [6.45, 7) is 2.01. The minimum absolute atomic E-state index is 0.0270. The fourth-order valence-corrected chi connectivity index (χ4v) is 4.61. The quantitative estimate of drug-likeness (QED) is 0.389.